The van der Waals surface area contributed by atoms with Gasteiger partial charge in [0.05, 0.1) is 6.61 Å². The minimum atomic E-state index is -0.212. The number of aromatic nitrogens is 2. The number of halogens is 1. The molecule has 1 aromatic heterocycles. The van der Waals surface area contributed by atoms with E-state index in [1.54, 1.807) is 18.2 Å². The van der Waals surface area contributed by atoms with Crippen LogP contribution in [0.5, 0.6) is 11.6 Å². The van der Waals surface area contributed by atoms with Crippen LogP contribution in [-0.4, -0.2) is 15.1 Å². The van der Waals surface area contributed by atoms with Gasteiger partial charge in [-0.15, -0.1) is 0 Å². The van der Waals surface area contributed by atoms with Crippen molar-refractivity contribution in [2.24, 2.45) is 0 Å². The van der Waals surface area contributed by atoms with E-state index in [0.717, 1.165) is 5.56 Å². The van der Waals surface area contributed by atoms with Gasteiger partial charge in [0.1, 0.15) is 16.7 Å². The molecule has 0 spiro atoms. The predicted octanol–water partition coefficient (Wildman–Crippen LogP) is 3.71. The molecule has 2 aromatic rings. The average Bonchev–Trinajstić information content (AvgIpc) is 2.37. The molecule has 106 valence electrons. The van der Waals surface area contributed by atoms with Gasteiger partial charge in [-0.05, 0) is 17.7 Å². The zero-order valence-corrected chi connectivity index (χ0v) is 12.5. The van der Waals surface area contributed by atoms with Crippen LogP contribution in [0, 0.1) is 0 Å². The van der Waals surface area contributed by atoms with Crippen molar-refractivity contribution < 1.29 is 9.84 Å². The molecule has 4 nitrogen and oxygen atoms in total. The molecule has 2 rings (SSSR count). The summed E-state index contributed by atoms with van der Waals surface area (Å²) in [4.78, 5) is 8.59. The van der Waals surface area contributed by atoms with Gasteiger partial charge < -0.3 is 9.84 Å². The number of aliphatic hydroxyl groups is 1. The largest absolute Gasteiger partial charge is 0.439 e. The molecule has 0 saturated heterocycles. The highest BCUT2D eigenvalue weighted by Gasteiger charge is 2.19. The quantitative estimate of drug-likeness (QED) is 0.876. The topological polar surface area (TPSA) is 55.2 Å². The van der Waals surface area contributed by atoms with E-state index in [0.29, 0.717) is 22.6 Å². The molecular formula is C15H17ClN2O2. The molecule has 20 heavy (non-hydrogen) atoms. The minimum Gasteiger partial charge on any atom is -0.439 e. The van der Waals surface area contributed by atoms with Crippen molar-refractivity contribution in [2.75, 3.05) is 0 Å². The number of hydrogen-bond acceptors (Lipinski definition) is 4. The summed E-state index contributed by atoms with van der Waals surface area (Å²) in [6, 6.07) is 8.76. The molecule has 0 unspecified atom stereocenters. The molecular weight excluding hydrogens is 276 g/mol. The van der Waals surface area contributed by atoms with E-state index in [1.165, 1.54) is 0 Å². The summed E-state index contributed by atoms with van der Waals surface area (Å²) in [5.41, 5.74) is 0.564. The van der Waals surface area contributed by atoms with Gasteiger partial charge in [0.2, 0.25) is 5.88 Å². The highest BCUT2D eigenvalue weighted by molar-refractivity contribution is 6.29. The van der Waals surface area contributed by atoms with E-state index in [1.807, 2.05) is 32.9 Å². The van der Waals surface area contributed by atoms with Crippen molar-refractivity contribution in [1.29, 1.82) is 0 Å². The summed E-state index contributed by atoms with van der Waals surface area (Å²) in [5, 5.41) is 9.47. The van der Waals surface area contributed by atoms with Gasteiger partial charge >= 0.3 is 0 Å². The second-order valence-corrected chi connectivity index (χ2v) is 5.90. The summed E-state index contributed by atoms with van der Waals surface area (Å²) in [5.74, 6) is 1.62. The van der Waals surface area contributed by atoms with Gasteiger partial charge in [-0.1, -0.05) is 44.5 Å². The molecule has 0 aliphatic carbocycles. The molecule has 0 aliphatic rings. The van der Waals surface area contributed by atoms with Crippen LogP contribution in [0.3, 0.4) is 0 Å². The first-order chi connectivity index (χ1) is 9.38. The van der Waals surface area contributed by atoms with E-state index in [2.05, 4.69) is 9.97 Å². The van der Waals surface area contributed by atoms with Crippen molar-refractivity contribution in [3.05, 3.63) is 46.9 Å². The van der Waals surface area contributed by atoms with Crippen molar-refractivity contribution in [3.8, 4) is 11.6 Å². The Labute approximate surface area is 123 Å². The van der Waals surface area contributed by atoms with E-state index >= 15 is 0 Å². The van der Waals surface area contributed by atoms with Crippen LogP contribution in [0.1, 0.15) is 32.2 Å². The molecule has 0 saturated carbocycles. The molecule has 0 radical (unpaired) electrons. The molecule has 1 aromatic carbocycles. The van der Waals surface area contributed by atoms with Crippen LogP contribution in [0.25, 0.3) is 0 Å². The first kappa shape index (κ1) is 14.8. The van der Waals surface area contributed by atoms with Crippen LogP contribution in [0.4, 0.5) is 0 Å². The lowest BCUT2D eigenvalue weighted by Gasteiger charge is -2.17. The van der Waals surface area contributed by atoms with Crippen LogP contribution in [-0.2, 0) is 12.0 Å². The SMILES string of the molecule is CC(C)(C)c1nc(Cl)cc(Oc2cccc(CO)c2)n1. The molecule has 5 heteroatoms. The Bertz CT molecular complexity index is 609. The summed E-state index contributed by atoms with van der Waals surface area (Å²) in [6.45, 7) is 5.99. The maximum Gasteiger partial charge on any atom is 0.224 e. The zero-order chi connectivity index (χ0) is 14.8. The smallest absolute Gasteiger partial charge is 0.224 e. The van der Waals surface area contributed by atoms with Crippen molar-refractivity contribution in [2.45, 2.75) is 32.8 Å². The molecule has 0 fully saturated rings. The predicted molar refractivity (Wildman–Crippen MR) is 78.2 cm³/mol. The van der Waals surface area contributed by atoms with Crippen LogP contribution in [0.15, 0.2) is 30.3 Å². The lowest BCUT2D eigenvalue weighted by atomic mass is 9.96. The Hall–Kier alpha value is -1.65. The van der Waals surface area contributed by atoms with Crippen molar-refractivity contribution >= 4 is 11.6 Å². The highest BCUT2D eigenvalue weighted by Crippen LogP contribution is 2.26. The number of ether oxygens (including phenoxy) is 1. The van der Waals surface area contributed by atoms with Crippen LogP contribution >= 0.6 is 11.6 Å². The number of hydrogen-bond donors (Lipinski definition) is 1. The summed E-state index contributed by atoms with van der Waals surface area (Å²) < 4.78 is 5.69. The summed E-state index contributed by atoms with van der Waals surface area (Å²) >= 11 is 6.01. The maximum atomic E-state index is 9.12. The zero-order valence-electron chi connectivity index (χ0n) is 11.7. The third-order valence-electron chi connectivity index (χ3n) is 2.65. The van der Waals surface area contributed by atoms with Crippen molar-refractivity contribution in [1.82, 2.24) is 9.97 Å². The lowest BCUT2D eigenvalue weighted by molar-refractivity contribution is 0.281. The molecule has 0 bridgehead atoms. The fourth-order valence-corrected chi connectivity index (χ4v) is 1.79. The highest BCUT2D eigenvalue weighted by atomic mass is 35.5. The number of nitrogens with zero attached hydrogens (tertiary/aromatic N) is 2. The first-order valence-corrected chi connectivity index (χ1v) is 6.69. The third kappa shape index (κ3) is 3.68. The monoisotopic (exact) mass is 292 g/mol. The van der Waals surface area contributed by atoms with Gasteiger partial charge in [-0.3, -0.25) is 0 Å². The first-order valence-electron chi connectivity index (χ1n) is 6.31. The van der Waals surface area contributed by atoms with Gasteiger partial charge in [-0.2, -0.15) is 4.98 Å². The standard InChI is InChI=1S/C15H17ClN2O2/c1-15(2,3)14-17-12(16)8-13(18-14)20-11-6-4-5-10(7-11)9-19/h4-8,19H,9H2,1-3H3. The van der Waals surface area contributed by atoms with Crippen LogP contribution < -0.4 is 4.74 Å². The molecule has 1 N–H and O–H groups in total. The Morgan fingerprint density at radius 2 is 1.95 bits per heavy atom. The van der Waals surface area contributed by atoms with Crippen molar-refractivity contribution in [3.63, 3.8) is 0 Å². The lowest BCUT2D eigenvalue weighted by Crippen LogP contribution is -2.16. The Kier molecular flexibility index (Phi) is 4.26. The summed E-state index contributed by atoms with van der Waals surface area (Å²) in [7, 11) is 0. The normalized spacial score (nSPS) is 11.4. The fraction of sp³-hybridized carbons (Fsp3) is 0.333. The fourth-order valence-electron chi connectivity index (χ4n) is 1.61. The second kappa shape index (κ2) is 5.77. The number of benzene rings is 1. The van der Waals surface area contributed by atoms with E-state index in [-0.39, 0.29) is 12.0 Å². The second-order valence-electron chi connectivity index (χ2n) is 5.51. The van der Waals surface area contributed by atoms with Gasteiger partial charge in [0, 0.05) is 11.5 Å². The molecule has 0 amide bonds. The van der Waals surface area contributed by atoms with Gasteiger partial charge in [0.15, 0.2) is 0 Å². The average molecular weight is 293 g/mol. The van der Waals surface area contributed by atoms with E-state index in [9.17, 15) is 0 Å². The number of aliphatic hydroxyl groups excluding tert-OH is 1. The Morgan fingerprint density at radius 1 is 1.20 bits per heavy atom. The number of rotatable bonds is 3. The molecule has 1 heterocycles. The molecule has 0 atom stereocenters. The summed E-state index contributed by atoms with van der Waals surface area (Å²) in [6.07, 6.45) is 0. The molecule has 0 aliphatic heterocycles. The van der Waals surface area contributed by atoms with E-state index in [4.69, 9.17) is 21.4 Å². The van der Waals surface area contributed by atoms with E-state index < -0.39 is 0 Å². The van der Waals surface area contributed by atoms with Crippen LogP contribution in [0.2, 0.25) is 5.15 Å². The Morgan fingerprint density at radius 3 is 2.60 bits per heavy atom. The maximum absolute atomic E-state index is 9.12. The van der Waals surface area contributed by atoms with Gasteiger partial charge in [-0.25, -0.2) is 4.98 Å². The third-order valence-corrected chi connectivity index (χ3v) is 2.84. The van der Waals surface area contributed by atoms with Gasteiger partial charge in [0.25, 0.3) is 0 Å². The minimum absolute atomic E-state index is 0.0328. The Balaban J connectivity index is 2.31.